The highest BCUT2D eigenvalue weighted by Crippen LogP contribution is 2.27. The summed E-state index contributed by atoms with van der Waals surface area (Å²) in [5.41, 5.74) is 3.23. The van der Waals surface area contributed by atoms with Crippen LogP contribution in [0.25, 0.3) is 15.5 Å². The van der Waals surface area contributed by atoms with Crippen LogP contribution in [0.2, 0.25) is 0 Å². The first-order chi connectivity index (χ1) is 10.2. The van der Waals surface area contributed by atoms with Crippen molar-refractivity contribution in [2.45, 2.75) is 13.8 Å². The van der Waals surface area contributed by atoms with E-state index in [0.717, 1.165) is 15.5 Å². The number of nitrogens with zero attached hydrogens (tertiary/aromatic N) is 3. The molecule has 0 saturated heterocycles. The molecule has 6 heteroatoms. The summed E-state index contributed by atoms with van der Waals surface area (Å²) >= 11 is 1.57. The van der Waals surface area contributed by atoms with Gasteiger partial charge in [-0.3, -0.25) is 4.57 Å². The number of fused-ring (bicyclic) bond motifs is 1. The number of aryl methyl sites for hydroxylation is 2. The van der Waals surface area contributed by atoms with Crippen molar-refractivity contribution in [2.75, 3.05) is 20.3 Å². The lowest BCUT2D eigenvalue weighted by molar-refractivity contribution is 0.144. The molecule has 3 aromatic heterocycles. The van der Waals surface area contributed by atoms with Gasteiger partial charge in [-0.2, -0.15) is 0 Å². The Kier molecular flexibility index (Phi) is 3.90. The molecule has 0 aliphatic heterocycles. The number of aromatic nitrogens is 3. The van der Waals surface area contributed by atoms with E-state index in [1.54, 1.807) is 18.4 Å². The van der Waals surface area contributed by atoms with E-state index in [1.165, 1.54) is 11.4 Å². The highest BCUT2D eigenvalue weighted by molar-refractivity contribution is 7.20. The Morgan fingerprint density at radius 2 is 1.81 bits per heavy atom. The summed E-state index contributed by atoms with van der Waals surface area (Å²) in [5, 5.41) is 0.937. The van der Waals surface area contributed by atoms with Gasteiger partial charge in [0.1, 0.15) is 17.0 Å². The molecule has 0 radical (unpaired) electrons. The predicted octanol–water partition coefficient (Wildman–Crippen LogP) is 3.12. The summed E-state index contributed by atoms with van der Waals surface area (Å²) in [6.45, 7) is 5.20. The van der Waals surface area contributed by atoms with Crippen LogP contribution in [0.1, 0.15) is 11.4 Å². The number of rotatable bonds is 5. The third kappa shape index (κ3) is 2.77. The maximum atomic E-state index is 5.54. The van der Waals surface area contributed by atoms with Gasteiger partial charge in [-0.25, -0.2) is 9.97 Å². The van der Waals surface area contributed by atoms with E-state index in [-0.39, 0.29) is 0 Å². The molecule has 0 bridgehead atoms. The molecule has 21 heavy (non-hydrogen) atoms. The van der Waals surface area contributed by atoms with Gasteiger partial charge in [0, 0.05) is 24.6 Å². The second-order valence-corrected chi connectivity index (χ2v) is 5.72. The molecule has 0 aliphatic rings. The van der Waals surface area contributed by atoms with Crippen LogP contribution < -0.4 is 4.74 Å². The van der Waals surface area contributed by atoms with Crippen LogP contribution in [-0.2, 0) is 4.74 Å². The molecule has 0 unspecified atom stereocenters. The minimum Gasteiger partial charge on any atom is -0.475 e. The van der Waals surface area contributed by atoms with Gasteiger partial charge in [-0.05, 0) is 32.0 Å². The fourth-order valence-electron chi connectivity index (χ4n) is 2.16. The van der Waals surface area contributed by atoms with E-state index in [0.29, 0.717) is 19.1 Å². The zero-order valence-corrected chi connectivity index (χ0v) is 13.1. The fraction of sp³-hybridized carbons (Fsp3) is 0.333. The highest BCUT2D eigenvalue weighted by atomic mass is 32.1. The summed E-state index contributed by atoms with van der Waals surface area (Å²) in [4.78, 5) is 10.0. The standard InChI is InChI=1S/C15H17N3O2S/c1-10-4-5-11(2)18(10)15-16-12-6-7-13(17-14(12)21-15)20-9-8-19-3/h4-7H,8-9H2,1-3H3. The SMILES string of the molecule is COCCOc1ccc2nc(-n3c(C)ccc3C)sc2n1. The zero-order chi connectivity index (χ0) is 14.8. The number of ether oxygens (including phenoxy) is 2. The monoisotopic (exact) mass is 303 g/mol. The normalized spacial score (nSPS) is 11.2. The molecule has 3 heterocycles. The molecule has 0 saturated carbocycles. The van der Waals surface area contributed by atoms with Crippen molar-refractivity contribution in [3.8, 4) is 11.0 Å². The Morgan fingerprint density at radius 3 is 2.52 bits per heavy atom. The average molecular weight is 303 g/mol. The summed E-state index contributed by atoms with van der Waals surface area (Å²) in [6, 6.07) is 7.97. The molecule has 3 aromatic rings. The number of methoxy groups -OCH3 is 1. The predicted molar refractivity (Wildman–Crippen MR) is 83.6 cm³/mol. The number of hydrogen-bond donors (Lipinski definition) is 0. The van der Waals surface area contributed by atoms with Crippen LogP contribution in [0.5, 0.6) is 5.88 Å². The number of thiazole rings is 1. The number of pyridine rings is 1. The van der Waals surface area contributed by atoms with Crippen molar-refractivity contribution in [2.24, 2.45) is 0 Å². The first-order valence-electron chi connectivity index (χ1n) is 6.73. The molecule has 110 valence electrons. The zero-order valence-electron chi connectivity index (χ0n) is 12.3. The second-order valence-electron chi connectivity index (χ2n) is 4.76. The van der Waals surface area contributed by atoms with Crippen molar-refractivity contribution in [3.05, 3.63) is 35.7 Å². The van der Waals surface area contributed by atoms with Crippen LogP contribution in [0.4, 0.5) is 0 Å². The van der Waals surface area contributed by atoms with Crippen molar-refractivity contribution in [3.63, 3.8) is 0 Å². The molecule has 0 aliphatic carbocycles. The van der Waals surface area contributed by atoms with Crippen LogP contribution >= 0.6 is 11.3 Å². The Morgan fingerprint density at radius 1 is 1.05 bits per heavy atom. The molecular formula is C15H17N3O2S. The lowest BCUT2D eigenvalue weighted by atomic mass is 10.4. The summed E-state index contributed by atoms with van der Waals surface area (Å²) in [5.74, 6) is 0.607. The minimum absolute atomic E-state index is 0.497. The van der Waals surface area contributed by atoms with E-state index in [4.69, 9.17) is 9.47 Å². The maximum absolute atomic E-state index is 5.54. The molecule has 0 spiro atoms. The molecule has 5 nitrogen and oxygen atoms in total. The highest BCUT2D eigenvalue weighted by Gasteiger charge is 2.11. The molecular weight excluding hydrogens is 286 g/mol. The van der Waals surface area contributed by atoms with Crippen LogP contribution in [0.3, 0.4) is 0 Å². The van der Waals surface area contributed by atoms with Gasteiger partial charge >= 0.3 is 0 Å². The molecule has 0 N–H and O–H groups in total. The first kappa shape index (κ1) is 14.0. The van der Waals surface area contributed by atoms with Crippen molar-refractivity contribution in [1.29, 1.82) is 0 Å². The molecule has 3 rings (SSSR count). The fourth-order valence-corrected chi connectivity index (χ4v) is 3.21. The maximum Gasteiger partial charge on any atom is 0.214 e. The Bertz CT molecular complexity index is 744. The van der Waals surface area contributed by atoms with E-state index >= 15 is 0 Å². The summed E-state index contributed by atoms with van der Waals surface area (Å²) in [6.07, 6.45) is 0. The quantitative estimate of drug-likeness (QED) is 0.680. The summed E-state index contributed by atoms with van der Waals surface area (Å²) < 4.78 is 12.6. The second kappa shape index (κ2) is 5.83. The van der Waals surface area contributed by atoms with Gasteiger partial charge in [0.2, 0.25) is 5.88 Å². The lowest BCUT2D eigenvalue weighted by Crippen LogP contribution is -2.04. The van der Waals surface area contributed by atoms with Crippen molar-refractivity contribution < 1.29 is 9.47 Å². The minimum atomic E-state index is 0.497. The van der Waals surface area contributed by atoms with Gasteiger partial charge < -0.3 is 9.47 Å². The molecule has 0 atom stereocenters. The molecule has 0 amide bonds. The first-order valence-corrected chi connectivity index (χ1v) is 7.55. The third-order valence-electron chi connectivity index (χ3n) is 3.22. The Hall–Kier alpha value is -1.92. The summed E-state index contributed by atoms with van der Waals surface area (Å²) in [7, 11) is 1.65. The smallest absolute Gasteiger partial charge is 0.214 e. The third-order valence-corrected chi connectivity index (χ3v) is 4.17. The Labute approximate surface area is 127 Å². The Balaban J connectivity index is 1.93. The largest absolute Gasteiger partial charge is 0.475 e. The molecule has 0 aromatic carbocycles. The average Bonchev–Trinajstić information content (AvgIpc) is 3.01. The number of hydrogen-bond acceptors (Lipinski definition) is 5. The van der Waals surface area contributed by atoms with E-state index < -0.39 is 0 Å². The van der Waals surface area contributed by atoms with E-state index in [2.05, 4.69) is 40.5 Å². The molecule has 0 fully saturated rings. The van der Waals surface area contributed by atoms with Gasteiger partial charge in [0.05, 0.1) is 6.61 Å². The van der Waals surface area contributed by atoms with Crippen LogP contribution in [0.15, 0.2) is 24.3 Å². The van der Waals surface area contributed by atoms with Crippen LogP contribution in [-0.4, -0.2) is 34.9 Å². The van der Waals surface area contributed by atoms with E-state index in [1.807, 2.05) is 12.1 Å². The topological polar surface area (TPSA) is 49.2 Å². The lowest BCUT2D eigenvalue weighted by Gasteiger charge is -2.03. The van der Waals surface area contributed by atoms with Gasteiger partial charge in [-0.15, -0.1) is 0 Å². The van der Waals surface area contributed by atoms with Crippen molar-refractivity contribution in [1.82, 2.24) is 14.5 Å². The van der Waals surface area contributed by atoms with Gasteiger partial charge in [-0.1, -0.05) is 11.3 Å². The van der Waals surface area contributed by atoms with Crippen LogP contribution in [0, 0.1) is 13.8 Å². The van der Waals surface area contributed by atoms with Gasteiger partial charge in [0.15, 0.2) is 5.13 Å². The van der Waals surface area contributed by atoms with E-state index in [9.17, 15) is 0 Å². The van der Waals surface area contributed by atoms with Gasteiger partial charge in [0.25, 0.3) is 0 Å². The van der Waals surface area contributed by atoms with Crippen molar-refractivity contribution >= 4 is 21.7 Å².